The van der Waals surface area contributed by atoms with Crippen LogP contribution in [0.5, 0.6) is 0 Å². The van der Waals surface area contributed by atoms with Crippen LogP contribution in [0.1, 0.15) is 6.92 Å². The van der Waals surface area contributed by atoms with E-state index in [-0.39, 0.29) is 11.5 Å². The largest absolute Gasteiger partial charge is 0.391 e. The Labute approximate surface area is 61.4 Å². The fraction of sp³-hybridized carbons (Fsp3) is 1.00. The molecule has 60 valence electrons. The summed E-state index contributed by atoms with van der Waals surface area (Å²) in [6.45, 7) is 4.07. The smallest absolute Gasteiger partial charge is 0.0762 e. The molecule has 0 aromatic heterocycles. The molecule has 3 nitrogen and oxygen atoms in total. The van der Waals surface area contributed by atoms with Gasteiger partial charge in [-0.2, -0.15) is 0 Å². The average Bonchev–Trinajstić information content (AvgIpc) is 1.83. The molecule has 1 saturated heterocycles. The van der Waals surface area contributed by atoms with Crippen molar-refractivity contribution in [3.8, 4) is 0 Å². The van der Waals surface area contributed by atoms with Gasteiger partial charge in [0.1, 0.15) is 0 Å². The van der Waals surface area contributed by atoms with Gasteiger partial charge >= 0.3 is 0 Å². The number of likely N-dealkylation sites (N-methyl/N-ethyl adjacent to an activating group) is 1. The Bertz CT molecular complexity index is 112. The molecular weight excluding hydrogens is 130 g/mol. The third-order valence-electron chi connectivity index (χ3n) is 2.07. The summed E-state index contributed by atoms with van der Waals surface area (Å²) in [4.78, 5) is 0. The number of aliphatic hydroxyl groups is 1. The Morgan fingerprint density at radius 1 is 1.70 bits per heavy atom. The minimum Gasteiger partial charge on any atom is -0.391 e. The summed E-state index contributed by atoms with van der Waals surface area (Å²) in [5.74, 6) is 0. The van der Waals surface area contributed by atoms with E-state index in [2.05, 4.69) is 5.32 Å². The molecule has 1 unspecified atom stereocenters. The first-order valence-electron chi connectivity index (χ1n) is 3.59. The van der Waals surface area contributed by atoms with Crippen LogP contribution in [0.3, 0.4) is 0 Å². The van der Waals surface area contributed by atoms with Gasteiger partial charge in [0.2, 0.25) is 0 Å². The van der Waals surface area contributed by atoms with Gasteiger partial charge in [0.25, 0.3) is 0 Å². The molecule has 0 aromatic carbocycles. The van der Waals surface area contributed by atoms with Crippen LogP contribution in [-0.4, -0.2) is 38.0 Å². The Morgan fingerprint density at radius 3 is 2.60 bits per heavy atom. The highest BCUT2D eigenvalue weighted by Gasteiger charge is 2.39. The zero-order valence-corrected chi connectivity index (χ0v) is 6.55. The topological polar surface area (TPSA) is 41.5 Å². The summed E-state index contributed by atoms with van der Waals surface area (Å²) in [6.07, 6.45) is -0.272. The van der Waals surface area contributed by atoms with Crippen molar-refractivity contribution in [1.29, 1.82) is 0 Å². The number of ether oxygens (including phenoxy) is 1. The molecule has 1 heterocycles. The van der Waals surface area contributed by atoms with Crippen LogP contribution in [0.15, 0.2) is 0 Å². The van der Waals surface area contributed by atoms with E-state index in [4.69, 9.17) is 4.74 Å². The second kappa shape index (κ2) is 2.86. The fourth-order valence-electron chi connectivity index (χ4n) is 1.06. The predicted molar refractivity (Wildman–Crippen MR) is 38.9 cm³/mol. The molecule has 1 atom stereocenters. The van der Waals surface area contributed by atoms with Crippen LogP contribution in [0.4, 0.5) is 0 Å². The fourth-order valence-corrected chi connectivity index (χ4v) is 1.06. The molecule has 1 aliphatic rings. The SMILES string of the molecule is CNCC(O)C1(C)COC1. The van der Waals surface area contributed by atoms with Crippen molar-refractivity contribution in [3.05, 3.63) is 0 Å². The lowest BCUT2D eigenvalue weighted by Crippen LogP contribution is -2.52. The molecule has 0 aliphatic carbocycles. The number of rotatable bonds is 3. The minimum absolute atomic E-state index is 0.00299. The van der Waals surface area contributed by atoms with Gasteiger partial charge in [-0.3, -0.25) is 0 Å². The van der Waals surface area contributed by atoms with E-state index in [1.165, 1.54) is 0 Å². The van der Waals surface area contributed by atoms with E-state index < -0.39 is 0 Å². The molecule has 1 fully saturated rings. The van der Waals surface area contributed by atoms with E-state index in [1.807, 2.05) is 14.0 Å². The Kier molecular flexibility index (Phi) is 2.28. The molecule has 0 aromatic rings. The molecule has 10 heavy (non-hydrogen) atoms. The number of hydrogen-bond acceptors (Lipinski definition) is 3. The highest BCUT2D eigenvalue weighted by Crippen LogP contribution is 2.30. The average molecular weight is 145 g/mol. The summed E-state index contributed by atoms with van der Waals surface area (Å²) >= 11 is 0. The van der Waals surface area contributed by atoms with E-state index >= 15 is 0 Å². The van der Waals surface area contributed by atoms with Crippen LogP contribution in [0.2, 0.25) is 0 Å². The maximum Gasteiger partial charge on any atom is 0.0762 e. The van der Waals surface area contributed by atoms with Gasteiger partial charge in [-0.15, -0.1) is 0 Å². The third kappa shape index (κ3) is 1.31. The van der Waals surface area contributed by atoms with Crippen molar-refractivity contribution in [2.24, 2.45) is 5.41 Å². The van der Waals surface area contributed by atoms with Crippen LogP contribution < -0.4 is 5.32 Å². The van der Waals surface area contributed by atoms with Crippen molar-refractivity contribution in [2.75, 3.05) is 26.8 Å². The van der Waals surface area contributed by atoms with Crippen LogP contribution >= 0.6 is 0 Å². The standard InChI is InChI=1S/C7H15NO2/c1-7(4-10-5-7)6(9)3-8-2/h6,8-9H,3-5H2,1-2H3. The highest BCUT2D eigenvalue weighted by molar-refractivity contribution is 4.88. The van der Waals surface area contributed by atoms with E-state index in [0.29, 0.717) is 19.8 Å². The van der Waals surface area contributed by atoms with Crippen molar-refractivity contribution in [3.63, 3.8) is 0 Å². The molecule has 1 rings (SSSR count). The van der Waals surface area contributed by atoms with Crippen molar-refractivity contribution in [1.82, 2.24) is 5.32 Å². The van der Waals surface area contributed by atoms with Gasteiger partial charge in [0.15, 0.2) is 0 Å². The quantitative estimate of drug-likeness (QED) is 0.568. The molecule has 0 radical (unpaired) electrons. The highest BCUT2D eigenvalue weighted by atomic mass is 16.5. The molecular formula is C7H15NO2. The summed E-state index contributed by atoms with van der Waals surface area (Å²) < 4.78 is 5.02. The van der Waals surface area contributed by atoms with Gasteiger partial charge in [0.05, 0.1) is 19.3 Å². The Balaban J connectivity index is 2.31. The predicted octanol–water partition coefficient (Wildman–Crippen LogP) is -0.397. The molecule has 0 bridgehead atoms. The van der Waals surface area contributed by atoms with Gasteiger partial charge in [-0.25, -0.2) is 0 Å². The van der Waals surface area contributed by atoms with Crippen LogP contribution in [-0.2, 0) is 4.74 Å². The maximum atomic E-state index is 9.49. The van der Waals surface area contributed by atoms with Crippen LogP contribution in [0.25, 0.3) is 0 Å². The van der Waals surface area contributed by atoms with Gasteiger partial charge in [0, 0.05) is 12.0 Å². The summed E-state index contributed by atoms with van der Waals surface area (Å²) in [5, 5.41) is 12.4. The van der Waals surface area contributed by atoms with Crippen molar-refractivity contribution < 1.29 is 9.84 Å². The first-order valence-corrected chi connectivity index (χ1v) is 3.59. The van der Waals surface area contributed by atoms with Gasteiger partial charge in [-0.05, 0) is 7.05 Å². The third-order valence-corrected chi connectivity index (χ3v) is 2.07. The normalized spacial score (nSPS) is 25.5. The molecule has 2 N–H and O–H groups in total. The van der Waals surface area contributed by atoms with Crippen LogP contribution in [0, 0.1) is 5.41 Å². The lowest BCUT2D eigenvalue weighted by Gasteiger charge is -2.41. The van der Waals surface area contributed by atoms with E-state index in [9.17, 15) is 5.11 Å². The summed E-state index contributed by atoms with van der Waals surface area (Å²) in [5.41, 5.74) is 0.00299. The molecule has 0 saturated carbocycles. The first kappa shape index (κ1) is 7.98. The van der Waals surface area contributed by atoms with Crippen molar-refractivity contribution >= 4 is 0 Å². The van der Waals surface area contributed by atoms with Gasteiger partial charge in [-0.1, -0.05) is 6.92 Å². The minimum atomic E-state index is -0.272. The molecule has 3 heteroatoms. The lowest BCUT2D eigenvalue weighted by molar-refractivity contribution is -0.158. The Morgan fingerprint density at radius 2 is 2.30 bits per heavy atom. The number of aliphatic hydroxyl groups excluding tert-OH is 1. The molecule has 0 spiro atoms. The summed E-state index contributed by atoms with van der Waals surface area (Å²) in [7, 11) is 1.84. The van der Waals surface area contributed by atoms with Crippen molar-refractivity contribution in [2.45, 2.75) is 13.0 Å². The maximum absolute atomic E-state index is 9.49. The van der Waals surface area contributed by atoms with E-state index in [1.54, 1.807) is 0 Å². The lowest BCUT2D eigenvalue weighted by atomic mass is 9.82. The second-order valence-corrected chi connectivity index (χ2v) is 3.22. The van der Waals surface area contributed by atoms with E-state index in [0.717, 1.165) is 0 Å². The van der Waals surface area contributed by atoms with Gasteiger partial charge < -0.3 is 15.2 Å². The monoisotopic (exact) mass is 145 g/mol. The zero-order valence-electron chi connectivity index (χ0n) is 6.55. The Hall–Kier alpha value is -0.120. The molecule has 1 aliphatic heterocycles. The number of nitrogens with one attached hydrogen (secondary N) is 1. The number of hydrogen-bond donors (Lipinski definition) is 2. The second-order valence-electron chi connectivity index (χ2n) is 3.22. The zero-order chi connectivity index (χ0) is 7.61. The first-order chi connectivity index (χ1) is 4.69. The summed E-state index contributed by atoms with van der Waals surface area (Å²) in [6, 6.07) is 0. The molecule has 0 amide bonds.